The summed E-state index contributed by atoms with van der Waals surface area (Å²) in [7, 11) is 1.56. The summed E-state index contributed by atoms with van der Waals surface area (Å²) in [4.78, 5) is 8.87. The Kier molecular flexibility index (Phi) is 6.75. The fraction of sp³-hybridized carbons (Fsp3) is 0.304. The molecule has 168 valence electrons. The summed E-state index contributed by atoms with van der Waals surface area (Å²) in [5, 5.41) is 3.79. The average Bonchev–Trinajstić information content (AvgIpc) is 2.72. The van der Waals surface area contributed by atoms with Crippen molar-refractivity contribution in [2.75, 3.05) is 31.4 Å². The minimum Gasteiger partial charge on any atom is -0.490 e. The number of ether oxygens (including phenoxy) is 2. The van der Waals surface area contributed by atoms with Gasteiger partial charge in [0.2, 0.25) is 0 Å². The van der Waals surface area contributed by atoms with E-state index in [-0.39, 0.29) is 5.69 Å². The van der Waals surface area contributed by atoms with Crippen molar-refractivity contribution in [2.24, 2.45) is 0 Å². The summed E-state index contributed by atoms with van der Waals surface area (Å²) in [5.41, 5.74) is 6.42. The van der Waals surface area contributed by atoms with Gasteiger partial charge in [-0.3, -0.25) is 0 Å². The average molecular weight is 444 g/mol. The lowest BCUT2D eigenvalue weighted by Gasteiger charge is -2.19. The fourth-order valence-corrected chi connectivity index (χ4v) is 3.23. The van der Waals surface area contributed by atoms with Gasteiger partial charge in [0.1, 0.15) is 24.0 Å². The number of nitrogens with two attached hydrogens (primary N) is 1. The van der Waals surface area contributed by atoms with Gasteiger partial charge in [-0.1, -0.05) is 5.92 Å². The van der Waals surface area contributed by atoms with E-state index in [1.165, 1.54) is 6.07 Å². The number of aryl methyl sites for hydroxylation is 1. The molecule has 3 aromatic rings. The van der Waals surface area contributed by atoms with Gasteiger partial charge >= 0.3 is 6.18 Å². The quantitative estimate of drug-likeness (QED) is 0.312. The second kappa shape index (κ2) is 9.32. The lowest BCUT2D eigenvalue weighted by molar-refractivity contribution is -0.137. The molecule has 0 aliphatic carbocycles. The molecule has 6 nitrogen and oxygen atoms in total. The molecule has 1 unspecified atom stereocenters. The molecule has 0 bridgehead atoms. The Morgan fingerprint density at radius 1 is 1.16 bits per heavy atom. The standard InChI is InChI=1S/C23H23F3N4O2/c1-5-15-10-20-19(12-21(15)32-7-6-31-4)22(30-14(3)29-20)28-13(2)16-8-17(23(24,25)26)11-18(27)9-16/h1,8-13H,6-7,27H2,2-4H3,(H,28,29,30). The maximum atomic E-state index is 13.2. The molecule has 3 rings (SSSR count). The molecule has 1 atom stereocenters. The molecular weight excluding hydrogens is 421 g/mol. The van der Waals surface area contributed by atoms with Crippen LogP contribution >= 0.6 is 0 Å². The summed E-state index contributed by atoms with van der Waals surface area (Å²) in [6.07, 6.45) is 1.12. The normalized spacial score (nSPS) is 12.4. The Morgan fingerprint density at radius 3 is 2.56 bits per heavy atom. The number of nitrogens with zero attached hydrogens (tertiary/aromatic N) is 2. The highest BCUT2D eigenvalue weighted by Crippen LogP contribution is 2.34. The van der Waals surface area contributed by atoms with Gasteiger partial charge in [-0.15, -0.1) is 6.42 Å². The van der Waals surface area contributed by atoms with Crippen molar-refractivity contribution in [1.82, 2.24) is 9.97 Å². The van der Waals surface area contributed by atoms with Crippen LogP contribution < -0.4 is 15.8 Å². The Bertz CT molecular complexity index is 1170. The highest BCUT2D eigenvalue weighted by atomic mass is 19.4. The molecule has 9 heteroatoms. The number of nitrogens with one attached hydrogen (secondary N) is 1. The summed E-state index contributed by atoms with van der Waals surface area (Å²) in [5.74, 6) is 3.96. The van der Waals surface area contributed by atoms with E-state index in [0.29, 0.717) is 52.6 Å². The monoisotopic (exact) mass is 444 g/mol. The van der Waals surface area contributed by atoms with Gasteiger partial charge in [0.05, 0.1) is 29.3 Å². The van der Waals surface area contributed by atoms with Gasteiger partial charge in [0.25, 0.3) is 0 Å². The number of terminal acetylenes is 1. The van der Waals surface area contributed by atoms with E-state index in [1.807, 2.05) is 0 Å². The zero-order valence-electron chi connectivity index (χ0n) is 17.9. The summed E-state index contributed by atoms with van der Waals surface area (Å²) < 4.78 is 50.4. The number of aromatic nitrogens is 2. The zero-order chi connectivity index (χ0) is 23.5. The Labute approximate surface area is 184 Å². The number of anilines is 2. The van der Waals surface area contributed by atoms with Crippen LogP contribution in [0.3, 0.4) is 0 Å². The van der Waals surface area contributed by atoms with Crippen molar-refractivity contribution in [3.05, 3.63) is 52.8 Å². The van der Waals surface area contributed by atoms with E-state index in [0.717, 1.165) is 12.1 Å². The van der Waals surface area contributed by atoms with Crippen LogP contribution in [0.1, 0.15) is 35.5 Å². The molecule has 0 saturated heterocycles. The number of halogens is 3. The molecule has 0 spiro atoms. The van der Waals surface area contributed by atoms with Crippen LogP contribution in [0, 0.1) is 19.3 Å². The smallest absolute Gasteiger partial charge is 0.416 e. The molecule has 0 aliphatic rings. The predicted molar refractivity (Wildman–Crippen MR) is 117 cm³/mol. The summed E-state index contributed by atoms with van der Waals surface area (Å²) in [6, 6.07) is 6.38. The van der Waals surface area contributed by atoms with Crippen LogP contribution in [0.5, 0.6) is 5.75 Å². The van der Waals surface area contributed by atoms with Crippen LogP contribution in [0.4, 0.5) is 24.7 Å². The number of nitrogen functional groups attached to an aromatic ring is 1. The van der Waals surface area contributed by atoms with Crippen LogP contribution in [0.2, 0.25) is 0 Å². The second-order valence-corrected chi connectivity index (χ2v) is 7.22. The van der Waals surface area contributed by atoms with Crippen molar-refractivity contribution in [3.63, 3.8) is 0 Å². The Morgan fingerprint density at radius 2 is 1.91 bits per heavy atom. The van der Waals surface area contributed by atoms with E-state index in [2.05, 4.69) is 21.2 Å². The van der Waals surface area contributed by atoms with E-state index in [4.69, 9.17) is 21.6 Å². The number of fused-ring (bicyclic) bond motifs is 1. The molecule has 3 N–H and O–H groups in total. The maximum Gasteiger partial charge on any atom is 0.416 e. The molecular formula is C23H23F3N4O2. The second-order valence-electron chi connectivity index (χ2n) is 7.22. The van der Waals surface area contributed by atoms with Gasteiger partial charge in [-0.05, 0) is 49.7 Å². The van der Waals surface area contributed by atoms with Crippen LogP contribution in [0.25, 0.3) is 10.9 Å². The van der Waals surface area contributed by atoms with Crippen molar-refractivity contribution in [3.8, 4) is 18.1 Å². The molecule has 0 saturated carbocycles. The lowest BCUT2D eigenvalue weighted by atomic mass is 10.0. The summed E-state index contributed by atoms with van der Waals surface area (Å²) >= 11 is 0. The highest BCUT2D eigenvalue weighted by molar-refractivity contribution is 5.92. The number of alkyl halides is 3. The molecule has 0 fully saturated rings. The van der Waals surface area contributed by atoms with E-state index < -0.39 is 17.8 Å². The Balaban J connectivity index is 2.02. The Hall–Kier alpha value is -3.51. The van der Waals surface area contributed by atoms with E-state index >= 15 is 0 Å². The lowest BCUT2D eigenvalue weighted by Crippen LogP contribution is -2.13. The third-order valence-corrected chi connectivity index (χ3v) is 4.77. The van der Waals surface area contributed by atoms with Crippen molar-refractivity contribution < 1.29 is 22.6 Å². The first-order chi connectivity index (χ1) is 15.1. The van der Waals surface area contributed by atoms with Gasteiger partial charge in [0, 0.05) is 18.2 Å². The first kappa shape index (κ1) is 23.2. The van der Waals surface area contributed by atoms with Crippen LogP contribution in [0.15, 0.2) is 30.3 Å². The van der Waals surface area contributed by atoms with Crippen LogP contribution in [-0.4, -0.2) is 30.3 Å². The highest BCUT2D eigenvalue weighted by Gasteiger charge is 2.31. The number of hydrogen-bond donors (Lipinski definition) is 2. The van der Waals surface area contributed by atoms with Crippen molar-refractivity contribution >= 4 is 22.4 Å². The van der Waals surface area contributed by atoms with Gasteiger partial charge in [-0.2, -0.15) is 13.2 Å². The third-order valence-electron chi connectivity index (χ3n) is 4.77. The molecule has 1 heterocycles. The molecule has 0 radical (unpaired) electrons. The van der Waals surface area contributed by atoms with E-state index in [9.17, 15) is 13.2 Å². The molecule has 2 aromatic carbocycles. The fourth-order valence-electron chi connectivity index (χ4n) is 3.23. The molecule has 32 heavy (non-hydrogen) atoms. The number of hydrogen-bond acceptors (Lipinski definition) is 6. The predicted octanol–water partition coefficient (Wildman–Crippen LogP) is 4.72. The first-order valence-electron chi connectivity index (χ1n) is 9.77. The molecule has 0 aliphatic heterocycles. The third kappa shape index (κ3) is 5.21. The minimum atomic E-state index is -4.50. The number of methoxy groups -OCH3 is 1. The van der Waals surface area contributed by atoms with Gasteiger partial charge in [-0.25, -0.2) is 9.97 Å². The molecule has 0 amide bonds. The number of benzene rings is 2. The van der Waals surface area contributed by atoms with Gasteiger partial charge < -0.3 is 20.5 Å². The van der Waals surface area contributed by atoms with Gasteiger partial charge in [0.15, 0.2) is 0 Å². The maximum absolute atomic E-state index is 13.2. The topological polar surface area (TPSA) is 82.3 Å². The summed E-state index contributed by atoms with van der Waals surface area (Å²) in [6.45, 7) is 4.12. The molecule has 1 aromatic heterocycles. The number of rotatable bonds is 7. The first-order valence-corrected chi connectivity index (χ1v) is 9.77. The SMILES string of the molecule is C#Cc1cc2nc(C)nc(NC(C)c3cc(N)cc(C(F)(F)F)c3)c2cc1OCCOC. The van der Waals surface area contributed by atoms with E-state index in [1.54, 1.807) is 33.1 Å². The van der Waals surface area contributed by atoms with Crippen LogP contribution in [-0.2, 0) is 10.9 Å². The largest absolute Gasteiger partial charge is 0.490 e. The van der Waals surface area contributed by atoms with Crippen molar-refractivity contribution in [2.45, 2.75) is 26.1 Å². The minimum absolute atomic E-state index is 0.0275. The zero-order valence-corrected chi connectivity index (χ0v) is 17.9. The van der Waals surface area contributed by atoms with Crippen molar-refractivity contribution in [1.29, 1.82) is 0 Å².